The molecule has 8 heteroatoms. The van der Waals surface area contributed by atoms with E-state index in [2.05, 4.69) is 23.8 Å². The third kappa shape index (κ3) is 4.44. The number of rotatable bonds is 6. The van der Waals surface area contributed by atoms with Gasteiger partial charge in [-0.05, 0) is 48.2 Å². The lowest BCUT2D eigenvalue weighted by molar-refractivity contribution is -0.127. The molecule has 1 aromatic heterocycles. The minimum absolute atomic E-state index is 0.000514. The first-order chi connectivity index (χ1) is 16.3. The van der Waals surface area contributed by atoms with Crippen LogP contribution in [0.4, 0.5) is 5.69 Å². The number of nitrogens with zero attached hydrogens (tertiary/aromatic N) is 3. The number of carbonyl (C=O) groups excluding carboxylic acids is 1. The van der Waals surface area contributed by atoms with Crippen molar-refractivity contribution in [3.63, 3.8) is 0 Å². The van der Waals surface area contributed by atoms with Crippen molar-refractivity contribution in [2.75, 3.05) is 13.1 Å². The van der Waals surface area contributed by atoms with Crippen LogP contribution in [0, 0.1) is 0 Å². The van der Waals surface area contributed by atoms with Crippen LogP contribution < -0.4 is 17.0 Å². The number of amidine groups is 1. The number of H-pyrrole nitrogens is 1. The molecule has 2 aromatic carbocycles. The number of aryl methyl sites for hydroxylation is 1. The molecule has 1 aliphatic rings. The van der Waals surface area contributed by atoms with Gasteiger partial charge in [-0.15, -0.1) is 0 Å². The highest BCUT2D eigenvalue weighted by Crippen LogP contribution is 2.32. The minimum Gasteiger partial charge on any atom is -0.387 e. The van der Waals surface area contributed by atoms with E-state index < -0.39 is 11.2 Å². The molecule has 34 heavy (non-hydrogen) atoms. The Labute approximate surface area is 197 Å². The second kappa shape index (κ2) is 9.51. The number of carbonyl (C=O) groups is 1. The Morgan fingerprint density at radius 2 is 1.76 bits per heavy atom. The lowest BCUT2D eigenvalue weighted by Crippen LogP contribution is -2.34. The van der Waals surface area contributed by atoms with Crippen molar-refractivity contribution in [1.82, 2.24) is 14.5 Å². The van der Waals surface area contributed by atoms with Gasteiger partial charge >= 0.3 is 5.69 Å². The van der Waals surface area contributed by atoms with E-state index in [-0.39, 0.29) is 5.91 Å². The number of aromatic amines is 1. The van der Waals surface area contributed by atoms with Gasteiger partial charge in [0.1, 0.15) is 5.84 Å². The fourth-order valence-electron chi connectivity index (χ4n) is 4.30. The summed E-state index contributed by atoms with van der Waals surface area (Å²) in [5, 5.41) is 0.442. The number of aromatic nitrogens is 2. The van der Waals surface area contributed by atoms with E-state index in [0.717, 1.165) is 29.5 Å². The van der Waals surface area contributed by atoms with Gasteiger partial charge in [0, 0.05) is 37.7 Å². The van der Waals surface area contributed by atoms with Crippen LogP contribution in [0.15, 0.2) is 56.6 Å². The molecule has 2 heterocycles. The second-order valence-corrected chi connectivity index (χ2v) is 8.57. The van der Waals surface area contributed by atoms with E-state index in [0.29, 0.717) is 47.5 Å². The van der Waals surface area contributed by atoms with E-state index in [1.807, 2.05) is 41.3 Å². The van der Waals surface area contributed by atoms with Crippen LogP contribution in [0.5, 0.6) is 0 Å². The second-order valence-electron chi connectivity index (χ2n) is 8.57. The molecular formula is C26H29N5O3. The fraction of sp³-hybridized carbons (Fsp3) is 0.308. The third-order valence-electron chi connectivity index (χ3n) is 6.01. The Kier molecular flexibility index (Phi) is 6.49. The van der Waals surface area contributed by atoms with Gasteiger partial charge in [0.2, 0.25) is 5.91 Å². The Bertz CT molecular complexity index is 1440. The summed E-state index contributed by atoms with van der Waals surface area (Å²) in [6.45, 7) is 5.54. The molecule has 8 nitrogen and oxygen atoms in total. The molecule has 0 radical (unpaired) electrons. The normalized spacial score (nSPS) is 13.1. The van der Waals surface area contributed by atoms with Gasteiger partial charge in [-0.2, -0.15) is 0 Å². The van der Waals surface area contributed by atoms with Crippen LogP contribution in [0.3, 0.4) is 0 Å². The summed E-state index contributed by atoms with van der Waals surface area (Å²) in [5.74, 6) is 0.385. The Balaban J connectivity index is 1.76. The maximum atomic E-state index is 13.2. The highest BCUT2D eigenvalue weighted by atomic mass is 16.2. The SMILES string of the molecule is CCCN(CCC)C(=O)C1=Cc2ccc(-c3ccc4c(=O)[nH]c(=O)n(C)c4c3)cc2N=C(N)C1. The molecule has 0 unspecified atom stereocenters. The van der Waals surface area contributed by atoms with E-state index in [1.54, 1.807) is 13.1 Å². The quantitative estimate of drug-likeness (QED) is 0.589. The molecular weight excluding hydrogens is 430 g/mol. The molecule has 3 aromatic rings. The number of hydrogen-bond donors (Lipinski definition) is 2. The summed E-state index contributed by atoms with van der Waals surface area (Å²) < 4.78 is 1.42. The Morgan fingerprint density at radius 3 is 2.47 bits per heavy atom. The van der Waals surface area contributed by atoms with Crippen molar-refractivity contribution in [1.29, 1.82) is 0 Å². The van der Waals surface area contributed by atoms with Gasteiger partial charge in [0.05, 0.1) is 16.6 Å². The number of amides is 1. The van der Waals surface area contributed by atoms with Gasteiger partial charge in [-0.25, -0.2) is 9.79 Å². The predicted molar refractivity (Wildman–Crippen MR) is 136 cm³/mol. The molecule has 0 aliphatic carbocycles. The molecule has 0 spiro atoms. The van der Waals surface area contributed by atoms with Crippen LogP contribution in [0.25, 0.3) is 28.1 Å². The summed E-state index contributed by atoms with van der Waals surface area (Å²) in [4.78, 5) is 46.1. The Hall–Kier alpha value is -3.94. The molecule has 0 atom stereocenters. The summed E-state index contributed by atoms with van der Waals surface area (Å²) >= 11 is 0. The fourth-order valence-corrected chi connectivity index (χ4v) is 4.30. The number of hydrogen-bond acceptors (Lipinski definition) is 5. The molecule has 4 rings (SSSR count). The van der Waals surface area contributed by atoms with E-state index in [1.165, 1.54) is 4.57 Å². The standard InChI is InChI=1S/C26H29N5O3/c1-4-10-31(11-5-2)25(33)19-12-18-7-6-16(13-21(18)28-23(27)15-19)17-8-9-20-22(14-17)30(3)26(34)29-24(20)32/h6-9,12-14H,4-5,10-11,15H2,1-3H3,(H2,27,28)(H,29,32,34). The first-order valence-corrected chi connectivity index (χ1v) is 11.5. The van der Waals surface area contributed by atoms with Crippen LogP contribution in [0.1, 0.15) is 38.7 Å². The molecule has 0 fully saturated rings. The Morgan fingerprint density at radius 1 is 1.09 bits per heavy atom. The van der Waals surface area contributed by atoms with E-state index in [4.69, 9.17) is 5.73 Å². The van der Waals surface area contributed by atoms with Crippen molar-refractivity contribution in [2.45, 2.75) is 33.1 Å². The van der Waals surface area contributed by atoms with Crippen molar-refractivity contribution < 1.29 is 4.79 Å². The molecule has 0 saturated carbocycles. The smallest absolute Gasteiger partial charge is 0.328 e. The first kappa shape index (κ1) is 23.2. The number of nitrogens with two attached hydrogens (primary N) is 1. The van der Waals surface area contributed by atoms with Crippen molar-refractivity contribution >= 4 is 34.4 Å². The topological polar surface area (TPSA) is 114 Å². The average Bonchev–Trinajstić information content (AvgIpc) is 2.99. The van der Waals surface area contributed by atoms with Crippen molar-refractivity contribution in [3.8, 4) is 11.1 Å². The minimum atomic E-state index is -0.462. The van der Waals surface area contributed by atoms with E-state index >= 15 is 0 Å². The van der Waals surface area contributed by atoms with Gasteiger partial charge in [-0.1, -0.05) is 32.0 Å². The molecule has 3 N–H and O–H groups in total. The van der Waals surface area contributed by atoms with Gasteiger partial charge < -0.3 is 10.6 Å². The zero-order chi connectivity index (χ0) is 24.4. The first-order valence-electron chi connectivity index (χ1n) is 11.5. The molecule has 1 amide bonds. The monoisotopic (exact) mass is 459 g/mol. The summed E-state index contributed by atoms with van der Waals surface area (Å²) in [5.41, 5.74) is 9.72. The molecule has 1 aliphatic heterocycles. The number of benzene rings is 2. The number of fused-ring (bicyclic) bond motifs is 2. The summed E-state index contributed by atoms with van der Waals surface area (Å²) in [6, 6.07) is 11.1. The van der Waals surface area contributed by atoms with Crippen molar-refractivity contribution in [3.05, 3.63) is 68.4 Å². The zero-order valence-electron chi connectivity index (χ0n) is 19.7. The lowest BCUT2D eigenvalue weighted by atomic mass is 10.00. The lowest BCUT2D eigenvalue weighted by Gasteiger charge is -2.22. The van der Waals surface area contributed by atoms with Gasteiger partial charge in [0.15, 0.2) is 0 Å². The molecule has 0 bridgehead atoms. The van der Waals surface area contributed by atoms with Crippen LogP contribution >= 0.6 is 0 Å². The van der Waals surface area contributed by atoms with E-state index in [9.17, 15) is 14.4 Å². The van der Waals surface area contributed by atoms with Crippen LogP contribution in [0.2, 0.25) is 0 Å². The van der Waals surface area contributed by atoms with Crippen LogP contribution in [-0.2, 0) is 11.8 Å². The van der Waals surface area contributed by atoms with Gasteiger partial charge in [-0.3, -0.25) is 19.1 Å². The third-order valence-corrected chi connectivity index (χ3v) is 6.01. The highest BCUT2D eigenvalue weighted by molar-refractivity contribution is 6.05. The predicted octanol–water partition coefficient (Wildman–Crippen LogP) is 3.32. The number of nitrogens with one attached hydrogen (secondary N) is 1. The number of aliphatic imine (C=N–C) groups is 1. The summed E-state index contributed by atoms with van der Waals surface area (Å²) in [7, 11) is 1.62. The zero-order valence-corrected chi connectivity index (χ0v) is 19.7. The highest BCUT2D eigenvalue weighted by Gasteiger charge is 2.21. The maximum absolute atomic E-state index is 13.2. The largest absolute Gasteiger partial charge is 0.387 e. The van der Waals surface area contributed by atoms with Crippen LogP contribution in [-0.4, -0.2) is 39.3 Å². The summed E-state index contributed by atoms with van der Waals surface area (Å²) in [6.07, 6.45) is 3.97. The maximum Gasteiger partial charge on any atom is 0.328 e. The van der Waals surface area contributed by atoms with Gasteiger partial charge in [0.25, 0.3) is 5.56 Å². The molecule has 0 saturated heterocycles. The molecule has 176 valence electrons. The van der Waals surface area contributed by atoms with Crippen molar-refractivity contribution in [2.24, 2.45) is 17.8 Å². The average molecular weight is 460 g/mol.